The summed E-state index contributed by atoms with van der Waals surface area (Å²) < 4.78 is 39.5. The molecule has 0 amide bonds. The van der Waals surface area contributed by atoms with Crippen LogP contribution in [0.25, 0.3) is 0 Å². The van der Waals surface area contributed by atoms with E-state index in [4.69, 9.17) is 0 Å². The molecule has 1 N–H and O–H groups in total. The van der Waals surface area contributed by atoms with Gasteiger partial charge in [0, 0.05) is 19.1 Å². The Morgan fingerprint density at radius 2 is 2.00 bits per heavy atom. The van der Waals surface area contributed by atoms with E-state index < -0.39 is 11.7 Å². The topological polar surface area (TPSA) is 15.3 Å². The molecular weight excluding hydrogens is 241 g/mol. The van der Waals surface area contributed by atoms with Crippen molar-refractivity contribution >= 4 is 0 Å². The molecular formula is C13H23F3N2. The Morgan fingerprint density at radius 3 is 2.50 bits per heavy atom. The number of rotatable bonds is 2. The number of alkyl halides is 3. The van der Waals surface area contributed by atoms with Gasteiger partial charge in [0.1, 0.15) is 5.54 Å². The van der Waals surface area contributed by atoms with E-state index in [1.165, 1.54) is 0 Å². The Balaban J connectivity index is 2.07. The SMILES string of the molecule is CCC1CCN(C2(C(F)(F)F)CC2)CC(C)CN1. The van der Waals surface area contributed by atoms with E-state index >= 15 is 0 Å². The molecule has 1 heterocycles. The van der Waals surface area contributed by atoms with Crippen molar-refractivity contribution in [1.29, 1.82) is 0 Å². The number of nitrogens with one attached hydrogen (secondary N) is 1. The average Bonchev–Trinajstić information content (AvgIpc) is 3.04. The van der Waals surface area contributed by atoms with Gasteiger partial charge < -0.3 is 5.32 Å². The minimum absolute atomic E-state index is 0.277. The smallest absolute Gasteiger partial charge is 0.314 e. The van der Waals surface area contributed by atoms with Crippen LogP contribution in [0.3, 0.4) is 0 Å². The molecule has 1 aliphatic carbocycles. The predicted molar refractivity (Wildman–Crippen MR) is 65.5 cm³/mol. The lowest BCUT2D eigenvalue weighted by molar-refractivity contribution is -0.198. The van der Waals surface area contributed by atoms with E-state index in [0.717, 1.165) is 19.4 Å². The Kier molecular flexibility index (Phi) is 3.93. The van der Waals surface area contributed by atoms with Crippen molar-refractivity contribution in [3.8, 4) is 0 Å². The lowest BCUT2D eigenvalue weighted by Gasteiger charge is -2.38. The van der Waals surface area contributed by atoms with E-state index in [0.29, 0.717) is 19.1 Å². The molecule has 0 aromatic carbocycles. The van der Waals surface area contributed by atoms with Gasteiger partial charge in [0.25, 0.3) is 0 Å². The monoisotopic (exact) mass is 264 g/mol. The second-order valence-corrected chi connectivity index (χ2v) is 5.88. The molecule has 0 aromatic rings. The molecule has 0 radical (unpaired) electrons. The number of hydrogen-bond donors (Lipinski definition) is 1. The molecule has 2 nitrogen and oxygen atoms in total. The molecule has 0 bridgehead atoms. The van der Waals surface area contributed by atoms with Gasteiger partial charge in [0.05, 0.1) is 0 Å². The fourth-order valence-corrected chi connectivity index (χ4v) is 2.95. The molecule has 2 aliphatic rings. The van der Waals surface area contributed by atoms with Crippen LogP contribution in [0.15, 0.2) is 0 Å². The maximum absolute atomic E-state index is 13.2. The first-order valence-corrected chi connectivity index (χ1v) is 6.94. The molecule has 2 fully saturated rings. The Morgan fingerprint density at radius 1 is 1.33 bits per heavy atom. The van der Waals surface area contributed by atoms with Crippen LogP contribution in [0.2, 0.25) is 0 Å². The number of hydrogen-bond acceptors (Lipinski definition) is 2. The van der Waals surface area contributed by atoms with Crippen molar-refractivity contribution in [1.82, 2.24) is 10.2 Å². The first-order valence-electron chi connectivity index (χ1n) is 6.94. The fraction of sp³-hybridized carbons (Fsp3) is 1.00. The Bertz CT molecular complexity index is 286. The highest BCUT2D eigenvalue weighted by atomic mass is 19.4. The zero-order valence-corrected chi connectivity index (χ0v) is 11.2. The zero-order valence-electron chi connectivity index (χ0n) is 11.2. The van der Waals surface area contributed by atoms with Crippen molar-refractivity contribution in [2.45, 2.75) is 57.3 Å². The third-order valence-corrected chi connectivity index (χ3v) is 4.38. The van der Waals surface area contributed by atoms with Crippen molar-refractivity contribution in [3.63, 3.8) is 0 Å². The lowest BCUT2D eigenvalue weighted by Crippen LogP contribution is -2.53. The Hall–Kier alpha value is -0.290. The summed E-state index contributed by atoms with van der Waals surface area (Å²) in [4.78, 5) is 1.71. The van der Waals surface area contributed by atoms with Gasteiger partial charge >= 0.3 is 6.18 Å². The van der Waals surface area contributed by atoms with E-state index in [2.05, 4.69) is 12.2 Å². The third-order valence-electron chi connectivity index (χ3n) is 4.38. The van der Waals surface area contributed by atoms with Crippen molar-refractivity contribution in [3.05, 3.63) is 0 Å². The van der Waals surface area contributed by atoms with E-state index in [1.54, 1.807) is 4.90 Å². The van der Waals surface area contributed by atoms with Crippen molar-refractivity contribution < 1.29 is 13.2 Å². The summed E-state index contributed by atoms with van der Waals surface area (Å²) in [6.07, 6.45) is -1.69. The van der Waals surface area contributed by atoms with Gasteiger partial charge in [-0.25, -0.2) is 0 Å². The molecule has 2 unspecified atom stereocenters. The van der Waals surface area contributed by atoms with E-state index in [9.17, 15) is 13.2 Å². The first-order chi connectivity index (χ1) is 8.39. The summed E-state index contributed by atoms with van der Waals surface area (Å²) in [5.74, 6) is 0.277. The number of halogens is 3. The molecule has 2 atom stereocenters. The van der Waals surface area contributed by atoms with Crippen LogP contribution in [-0.2, 0) is 0 Å². The van der Waals surface area contributed by atoms with Crippen LogP contribution in [0.4, 0.5) is 13.2 Å². The highest BCUT2D eigenvalue weighted by Crippen LogP contribution is 2.53. The maximum Gasteiger partial charge on any atom is 0.406 e. The molecule has 1 aliphatic heterocycles. The van der Waals surface area contributed by atoms with Crippen LogP contribution in [0.1, 0.15) is 39.5 Å². The molecule has 0 aromatic heterocycles. The molecule has 18 heavy (non-hydrogen) atoms. The van der Waals surface area contributed by atoms with Gasteiger partial charge in [-0.2, -0.15) is 13.2 Å². The normalized spacial score (nSPS) is 33.8. The van der Waals surface area contributed by atoms with Gasteiger partial charge in [-0.1, -0.05) is 13.8 Å². The highest BCUT2D eigenvalue weighted by molar-refractivity contribution is 5.10. The summed E-state index contributed by atoms with van der Waals surface area (Å²) >= 11 is 0. The Labute approximate surface area is 107 Å². The second-order valence-electron chi connectivity index (χ2n) is 5.88. The van der Waals surface area contributed by atoms with Gasteiger partial charge in [-0.15, -0.1) is 0 Å². The summed E-state index contributed by atoms with van der Waals surface area (Å²) in [6, 6.07) is 0.360. The second kappa shape index (κ2) is 5.00. The van der Waals surface area contributed by atoms with Crippen molar-refractivity contribution in [2.24, 2.45) is 5.92 Å². The van der Waals surface area contributed by atoms with Crippen molar-refractivity contribution in [2.75, 3.05) is 19.6 Å². The molecule has 0 spiro atoms. The molecule has 5 heteroatoms. The predicted octanol–water partition coefficient (Wildman–Crippen LogP) is 2.79. The van der Waals surface area contributed by atoms with Crippen LogP contribution in [0.5, 0.6) is 0 Å². The van der Waals surface area contributed by atoms with Gasteiger partial charge in [-0.3, -0.25) is 4.90 Å². The zero-order chi connectivity index (χ0) is 13.4. The van der Waals surface area contributed by atoms with Gasteiger partial charge in [0.15, 0.2) is 0 Å². The summed E-state index contributed by atoms with van der Waals surface area (Å²) in [5, 5.41) is 3.44. The number of nitrogens with zero attached hydrogens (tertiary/aromatic N) is 1. The highest BCUT2D eigenvalue weighted by Gasteiger charge is 2.66. The standard InChI is InChI=1S/C13H23F3N2/c1-3-11-4-7-18(9-10(2)8-17-11)12(5-6-12)13(14,15)16/h10-11,17H,3-9H2,1-2H3. The van der Waals surface area contributed by atoms with Crippen LogP contribution in [-0.4, -0.2) is 42.3 Å². The largest absolute Gasteiger partial charge is 0.406 e. The fourth-order valence-electron chi connectivity index (χ4n) is 2.95. The maximum atomic E-state index is 13.2. The quantitative estimate of drug-likeness (QED) is 0.825. The summed E-state index contributed by atoms with van der Waals surface area (Å²) in [5.41, 5.74) is -1.49. The molecule has 106 valence electrons. The van der Waals surface area contributed by atoms with Gasteiger partial charge in [0.2, 0.25) is 0 Å². The summed E-state index contributed by atoms with van der Waals surface area (Å²) in [7, 11) is 0. The van der Waals surface area contributed by atoms with Crippen LogP contribution < -0.4 is 5.32 Å². The minimum atomic E-state index is -4.07. The summed E-state index contributed by atoms with van der Waals surface area (Å²) in [6.45, 7) is 6.07. The third kappa shape index (κ3) is 2.67. The lowest BCUT2D eigenvalue weighted by atomic mass is 10.0. The minimum Gasteiger partial charge on any atom is -0.314 e. The molecule has 1 saturated carbocycles. The van der Waals surface area contributed by atoms with E-state index in [-0.39, 0.29) is 18.8 Å². The van der Waals surface area contributed by atoms with Crippen LogP contribution in [0, 0.1) is 5.92 Å². The van der Waals surface area contributed by atoms with E-state index in [1.807, 2.05) is 6.92 Å². The average molecular weight is 264 g/mol. The van der Waals surface area contributed by atoms with Crippen LogP contribution >= 0.6 is 0 Å². The molecule has 1 saturated heterocycles. The first kappa shape index (κ1) is 14.1. The van der Waals surface area contributed by atoms with Gasteiger partial charge in [-0.05, 0) is 38.1 Å². The molecule has 2 rings (SSSR count).